The molecule has 1 fully saturated rings. The smallest absolute Gasteiger partial charge is 0.257 e. The third-order valence-electron chi connectivity index (χ3n) is 6.14. The molecule has 1 aliphatic rings. The number of benzene rings is 2. The van der Waals surface area contributed by atoms with Crippen LogP contribution in [-0.2, 0) is 0 Å². The molecular formula is C25H26N6O3. The summed E-state index contributed by atoms with van der Waals surface area (Å²) in [6.07, 6.45) is 5.75. The maximum atomic E-state index is 13.3. The topological polar surface area (TPSA) is 117 Å². The second-order valence-electron chi connectivity index (χ2n) is 8.24. The number of nitrogens with zero attached hydrogens (tertiary/aromatic N) is 4. The molecule has 0 atom stereocenters. The van der Waals surface area contributed by atoms with E-state index in [0.717, 1.165) is 25.7 Å². The molecule has 0 unspecified atom stereocenters. The Hall–Kier alpha value is -4.14. The van der Waals surface area contributed by atoms with E-state index in [4.69, 9.17) is 25.2 Å². The van der Waals surface area contributed by atoms with Crippen LogP contribution in [0.5, 0.6) is 11.5 Å². The standard InChI is InChI=1S/C25H26N6O3/c1-33-19-13-7-8-15(22(19)34-2)14-27-31-23(26)20(25(32)28-16-9-3-4-10-16)21-24(31)30-18-12-6-5-11-17(18)29-21/h5-8,11-14,16H,3-4,9-10,26H2,1-2H3,(H,28,32)/b27-14+. The van der Waals surface area contributed by atoms with Gasteiger partial charge in [0.2, 0.25) is 0 Å². The average molecular weight is 459 g/mol. The van der Waals surface area contributed by atoms with Gasteiger partial charge >= 0.3 is 0 Å². The highest BCUT2D eigenvalue weighted by Crippen LogP contribution is 2.31. The predicted octanol–water partition coefficient (Wildman–Crippen LogP) is 3.74. The first-order valence-corrected chi connectivity index (χ1v) is 11.2. The molecule has 0 radical (unpaired) electrons. The van der Waals surface area contributed by atoms with Gasteiger partial charge in [0, 0.05) is 11.6 Å². The van der Waals surface area contributed by atoms with Crippen molar-refractivity contribution in [1.29, 1.82) is 0 Å². The van der Waals surface area contributed by atoms with E-state index in [1.54, 1.807) is 26.5 Å². The van der Waals surface area contributed by atoms with Gasteiger partial charge in [0.05, 0.1) is 31.5 Å². The first-order valence-electron chi connectivity index (χ1n) is 11.2. The summed E-state index contributed by atoms with van der Waals surface area (Å²) in [6, 6.07) is 13.1. The summed E-state index contributed by atoms with van der Waals surface area (Å²) in [6.45, 7) is 0. The fourth-order valence-corrected chi connectivity index (χ4v) is 4.45. The first-order chi connectivity index (χ1) is 16.6. The van der Waals surface area contributed by atoms with Crippen LogP contribution in [0.1, 0.15) is 41.6 Å². The van der Waals surface area contributed by atoms with Crippen molar-refractivity contribution in [3.63, 3.8) is 0 Å². The third-order valence-corrected chi connectivity index (χ3v) is 6.14. The van der Waals surface area contributed by atoms with Crippen molar-refractivity contribution in [2.24, 2.45) is 5.10 Å². The summed E-state index contributed by atoms with van der Waals surface area (Å²) in [5.74, 6) is 1.05. The fourth-order valence-electron chi connectivity index (χ4n) is 4.45. The Morgan fingerprint density at radius 2 is 1.82 bits per heavy atom. The van der Waals surface area contributed by atoms with Crippen LogP contribution in [0.4, 0.5) is 5.82 Å². The monoisotopic (exact) mass is 458 g/mol. The molecule has 0 spiro atoms. The molecule has 2 aromatic carbocycles. The molecule has 1 amide bonds. The van der Waals surface area contributed by atoms with Gasteiger partial charge < -0.3 is 20.5 Å². The van der Waals surface area contributed by atoms with E-state index in [0.29, 0.717) is 39.3 Å². The number of nitrogen functional groups attached to an aromatic ring is 1. The van der Waals surface area contributed by atoms with Crippen LogP contribution >= 0.6 is 0 Å². The summed E-state index contributed by atoms with van der Waals surface area (Å²) in [4.78, 5) is 22.7. The Kier molecular flexibility index (Phi) is 5.75. The number of nitrogens with one attached hydrogen (secondary N) is 1. The number of methoxy groups -OCH3 is 2. The summed E-state index contributed by atoms with van der Waals surface area (Å²) in [5.41, 5.74) is 9.67. The number of ether oxygens (including phenoxy) is 2. The molecule has 1 saturated carbocycles. The number of fused-ring (bicyclic) bond motifs is 2. The average Bonchev–Trinajstić information content (AvgIpc) is 3.46. The van der Waals surface area contributed by atoms with Crippen molar-refractivity contribution in [3.05, 3.63) is 53.6 Å². The van der Waals surface area contributed by atoms with Gasteiger partial charge in [-0.3, -0.25) is 4.79 Å². The highest BCUT2D eigenvalue weighted by molar-refractivity contribution is 6.10. The molecule has 174 valence electrons. The van der Waals surface area contributed by atoms with Crippen LogP contribution in [-0.4, -0.2) is 47.0 Å². The number of aromatic nitrogens is 3. The molecule has 0 aliphatic heterocycles. The Labute approximate surface area is 196 Å². The van der Waals surface area contributed by atoms with Crippen LogP contribution in [0.25, 0.3) is 22.2 Å². The lowest BCUT2D eigenvalue weighted by atomic mass is 10.2. The maximum absolute atomic E-state index is 13.3. The zero-order valence-electron chi connectivity index (χ0n) is 19.1. The van der Waals surface area contributed by atoms with Crippen molar-refractivity contribution in [1.82, 2.24) is 20.0 Å². The molecular weight excluding hydrogens is 432 g/mol. The summed E-state index contributed by atoms with van der Waals surface area (Å²) in [7, 11) is 3.14. The summed E-state index contributed by atoms with van der Waals surface area (Å²) >= 11 is 0. The van der Waals surface area contributed by atoms with E-state index in [9.17, 15) is 4.79 Å². The van der Waals surface area contributed by atoms with E-state index in [1.165, 1.54) is 4.68 Å². The zero-order valence-corrected chi connectivity index (χ0v) is 19.1. The van der Waals surface area contributed by atoms with Gasteiger partial charge in [-0.25, -0.2) is 9.97 Å². The minimum Gasteiger partial charge on any atom is -0.493 e. The van der Waals surface area contributed by atoms with Crippen molar-refractivity contribution >= 4 is 40.1 Å². The summed E-state index contributed by atoms with van der Waals surface area (Å²) in [5, 5.41) is 7.69. The lowest BCUT2D eigenvalue weighted by molar-refractivity contribution is 0.0940. The minimum absolute atomic E-state index is 0.142. The lowest BCUT2D eigenvalue weighted by Gasteiger charge is -2.11. The van der Waals surface area contributed by atoms with Crippen molar-refractivity contribution in [3.8, 4) is 11.5 Å². The van der Waals surface area contributed by atoms with Crippen LogP contribution < -0.4 is 20.5 Å². The number of carbonyl (C=O) groups excluding carboxylic acids is 1. The molecule has 0 saturated heterocycles. The SMILES string of the molecule is COc1cccc(/C=N/n2c(N)c(C(=O)NC3CCCC3)c3nc4ccccc4nc32)c1OC. The number of anilines is 1. The molecule has 1 aliphatic carbocycles. The molecule has 3 N–H and O–H groups in total. The molecule has 2 aromatic heterocycles. The molecule has 9 heteroatoms. The summed E-state index contributed by atoms with van der Waals surface area (Å²) < 4.78 is 12.3. The number of nitrogens with two attached hydrogens (primary N) is 1. The predicted molar refractivity (Wildman–Crippen MR) is 132 cm³/mol. The van der Waals surface area contributed by atoms with Crippen molar-refractivity contribution in [2.75, 3.05) is 20.0 Å². The van der Waals surface area contributed by atoms with Crippen LogP contribution in [0, 0.1) is 0 Å². The Morgan fingerprint density at radius 3 is 2.53 bits per heavy atom. The van der Waals surface area contributed by atoms with Crippen molar-refractivity contribution in [2.45, 2.75) is 31.7 Å². The van der Waals surface area contributed by atoms with Crippen LogP contribution in [0.2, 0.25) is 0 Å². The van der Waals surface area contributed by atoms with E-state index >= 15 is 0 Å². The zero-order chi connectivity index (χ0) is 23.7. The fraction of sp³-hybridized carbons (Fsp3) is 0.280. The van der Waals surface area contributed by atoms with E-state index in [2.05, 4.69) is 10.4 Å². The van der Waals surface area contributed by atoms with Crippen LogP contribution in [0.3, 0.4) is 0 Å². The minimum atomic E-state index is -0.258. The first kappa shape index (κ1) is 21.7. The van der Waals surface area contributed by atoms with E-state index in [1.807, 2.05) is 36.4 Å². The second kappa shape index (κ2) is 9.01. The number of para-hydroxylation sites is 3. The molecule has 0 bridgehead atoms. The van der Waals surface area contributed by atoms with Gasteiger partial charge in [0.1, 0.15) is 16.9 Å². The quantitative estimate of drug-likeness (QED) is 0.425. The number of carbonyl (C=O) groups is 1. The number of hydrogen-bond donors (Lipinski definition) is 2. The van der Waals surface area contributed by atoms with E-state index < -0.39 is 0 Å². The van der Waals surface area contributed by atoms with Crippen molar-refractivity contribution < 1.29 is 14.3 Å². The van der Waals surface area contributed by atoms with Gasteiger partial charge in [-0.1, -0.05) is 31.0 Å². The highest BCUT2D eigenvalue weighted by atomic mass is 16.5. The third kappa shape index (κ3) is 3.79. The molecule has 4 aromatic rings. The van der Waals surface area contributed by atoms with Gasteiger partial charge in [-0.2, -0.15) is 9.78 Å². The Balaban J connectivity index is 1.65. The van der Waals surface area contributed by atoms with Gasteiger partial charge in [-0.05, 0) is 37.1 Å². The van der Waals surface area contributed by atoms with Gasteiger partial charge in [0.25, 0.3) is 5.91 Å². The molecule has 9 nitrogen and oxygen atoms in total. The Morgan fingerprint density at radius 1 is 1.09 bits per heavy atom. The second-order valence-corrected chi connectivity index (χ2v) is 8.24. The largest absolute Gasteiger partial charge is 0.493 e. The molecule has 2 heterocycles. The normalized spacial score (nSPS) is 14.3. The van der Waals surface area contributed by atoms with Gasteiger partial charge in [-0.15, -0.1) is 0 Å². The number of amides is 1. The number of hydrogen-bond acceptors (Lipinski definition) is 7. The molecule has 34 heavy (non-hydrogen) atoms. The lowest BCUT2D eigenvalue weighted by Crippen LogP contribution is -2.33. The van der Waals surface area contributed by atoms with Crippen LogP contribution in [0.15, 0.2) is 47.6 Å². The highest BCUT2D eigenvalue weighted by Gasteiger charge is 2.26. The van der Waals surface area contributed by atoms with E-state index in [-0.39, 0.29) is 23.3 Å². The molecule has 5 rings (SSSR count). The van der Waals surface area contributed by atoms with Gasteiger partial charge in [0.15, 0.2) is 17.1 Å². The Bertz CT molecular complexity index is 1410. The maximum Gasteiger partial charge on any atom is 0.257 e. The number of rotatable bonds is 6.